The molecule has 0 radical (unpaired) electrons. The van der Waals surface area contributed by atoms with Crippen molar-refractivity contribution < 1.29 is 9.57 Å². The maximum absolute atomic E-state index is 5.68. The van der Waals surface area contributed by atoms with Gasteiger partial charge in [0.2, 0.25) is 0 Å². The van der Waals surface area contributed by atoms with E-state index in [0.717, 1.165) is 30.5 Å². The molecule has 3 heteroatoms. The van der Waals surface area contributed by atoms with E-state index in [2.05, 4.69) is 50.4 Å². The fraction of sp³-hybridized carbons (Fsp3) is 0.591. The predicted octanol–water partition coefficient (Wildman–Crippen LogP) is 6.88. The van der Waals surface area contributed by atoms with E-state index in [1.165, 1.54) is 5.57 Å². The summed E-state index contributed by atoms with van der Waals surface area (Å²) >= 11 is 0. The fourth-order valence-corrected chi connectivity index (χ4v) is 1.66. The predicted molar refractivity (Wildman–Crippen MR) is 114 cm³/mol. The molecule has 1 unspecified atom stereocenters. The number of ether oxygens (including phenoxy) is 1. The molecule has 0 bridgehead atoms. The topological polar surface area (TPSA) is 30.8 Å². The number of allylic oxidation sites excluding steroid dienone is 4. The van der Waals surface area contributed by atoms with Gasteiger partial charge in [0.15, 0.2) is 0 Å². The van der Waals surface area contributed by atoms with Crippen LogP contribution >= 0.6 is 0 Å². The lowest BCUT2D eigenvalue weighted by atomic mass is 10.0. The second-order valence-corrected chi connectivity index (χ2v) is 5.05. The van der Waals surface area contributed by atoms with Gasteiger partial charge in [0, 0.05) is 0 Å². The SMILES string of the molecule is C=C(CC)COC(C)/C=C\CC(=C\C)/C(CC)=N/OC.C=CC.CC. The van der Waals surface area contributed by atoms with E-state index in [0.29, 0.717) is 6.61 Å². The number of hydrogen-bond acceptors (Lipinski definition) is 3. The molecule has 25 heavy (non-hydrogen) atoms. The van der Waals surface area contributed by atoms with Crippen molar-refractivity contribution in [2.45, 2.75) is 73.8 Å². The van der Waals surface area contributed by atoms with E-state index in [9.17, 15) is 0 Å². The van der Waals surface area contributed by atoms with Gasteiger partial charge in [-0.1, -0.05) is 69.3 Å². The van der Waals surface area contributed by atoms with Crippen molar-refractivity contribution in [2.24, 2.45) is 5.16 Å². The number of rotatable bonds is 10. The van der Waals surface area contributed by atoms with E-state index < -0.39 is 0 Å². The lowest BCUT2D eigenvalue weighted by Crippen LogP contribution is -2.07. The molecule has 0 aliphatic heterocycles. The summed E-state index contributed by atoms with van der Waals surface area (Å²) in [5.41, 5.74) is 3.31. The first-order valence-electron chi connectivity index (χ1n) is 9.27. The van der Waals surface area contributed by atoms with E-state index in [4.69, 9.17) is 9.57 Å². The van der Waals surface area contributed by atoms with Crippen LogP contribution in [0.1, 0.15) is 67.7 Å². The van der Waals surface area contributed by atoms with Crippen molar-refractivity contribution in [2.75, 3.05) is 13.7 Å². The molecule has 0 fully saturated rings. The van der Waals surface area contributed by atoms with Gasteiger partial charge in [0.25, 0.3) is 0 Å². The van der Waals surface area contributed by atoms with Crippen LogP contribution in [0.15, 0.2) is 53.8 Å². The van der Waals surface area contributed by atoms with Gasteiger partial charge >= 0.3 is 0 Å². The molecule has 1 atom stereocenters. The number of nitrogens with zero attached hydrogens (tertiary/aromatic N) is 1. The smallest absolute Gasteiger partial charge is 0.106 e. The zero-order valence-corrected chi connectivity index (χ0v) is 17.9. The average molecular weight is 352 g/mol. The first-order chi connectivity index (χ1) is 12.0. The van der Waals surface area contributed by atoms with Gasteiger partial charge in [-0.3, -0.25) is 0 Å². The molecule has 146 valence electrons. The summed E-state index contributed by atoms with van der Waals surface area (Å²) in [5.74, 6) is 0. The molecule has 0 aromatic carbocycles. The van der Waals surface area contributed by atoms with Crippen molar-refractivity contribution in [1.82, 2.24) is 0 Å². The van der Waals surface area contributed by atoms with E-state index in [1.807, 2.05) is 34.6 Å². The van der Waals surface area contributed by atoms with Gasteiger partial charge in [-0.25, -0.2) is 0 Å². The molecule has 3 nitrogen and oxygen atoms in total. The monoisotopic (exact) mass is 351 g/mol. The molecule has 0 rings (SSSR count). The molecule has 0 aromatic heterocycles. The lowest BCUT2D eigenvalue weighted by Gasteiger charge is -2.10. The van der Waals surface area contributed by atoms with Crippen LogP contribution < -0.4 is 0 Å². The molecule has 0 amide bonds. The summed E-state index contributed by atoms with van der Waals surface area (Å²) in [6, 6.07) is 0. The largest absolute Gasteiger partial charge is 0.399 e. The first-order valence-corrected chi connectivity index (χ1v) is 9.27. The van der Waals surface area contributed by atoms with Gasteiger partial charge in [0.1, 0.15) is 7.11 Å². The van der Waals surface area contributed by atoms with Gasteiger partial charge in [0.05, 0.1) is 18.4 Å². The van der Waals surface area contributed by atoms with Crippen LogP contribution in [-0.2, 0) is 9.57 Å². The van der Waals surface area contributed by atoms with Crippen molar-refractivity contribution >= 4 is 5.71 Å². The lowest BCUT2D eigenvalue weighted by molar-refractivity contribution is 0.116. The van der Waals surface area contributed by atoms with Crippen LogP contribution in [0.25, 0.3) is 0 Å². The molecule has 0 aliphatic carbocycles. The molecule has 0 aliphatic rings. The Bertz CT molecular complexity index is 406. The third-order valence-electron chi connectivity index (χ3n) is 3.05. The molecule has 0 saturated carbocycles. The van der Waals surface area contributed by atoms with Crippen LogP contribution in [0.5, 0.6) is 0 Å². The van der Waals surface area contributed by atoms with E-state index in [-0.39, 0.29) is 6.10 Å². The highest BCUT2D eigenvalue weighted by Gasteiger charge is 2.04. The second-order valence-electron chi connectivity index (χ2n) is 5.05. The van der Waals surface area contributed by atoms with Crippen molar-refractivity contribution in [3.8, 4) is 0 Å². The molecular weight excluding hydrogens is 310 g/mol. The average Bonchev–Trinajstić information content (AvgIpc) is 2.64. The molecule has 0 heterocycles. The highest BCUT2D eigenvalue weighted by Crippen LogP contribution is 2.10. The highest BCUT2D eigenvalue weighted by molar-refractivity contribution is 5.99. The third-order valence-corrected chi connectivity index (χ3v) is 3.05. The molecule has 0 saturated heterocycles. The molecular formula is C22H41NO2. The van der Waals surface area contributed by atoms with Crippen molar-refractivity contribution in [1.29, 1.82) is 0 Å². The van der Waals surface area contributed by atoms with E-state index in [1.54, 1.807) is 13.2 Å². The summed E-state index contributed by atoms with van der Waals surface area (Å²) in [4.78, 5) is 4.87. The Morgan fingerprint density at radius 1 is 1.16 bits per heavy atom. The Morgan fingerprint density at radius 2 is 1.72 bits per heavy atom. The third kappa shape index (κ3) is 18.6. The summed E-state index contributed by atoms with van der Waals surface area (Å²) in [7, 11) is 1.58. The van der Waals surface area contributed by atoms with Gasteiger partial charge in [-0.05, 0) is 45.6 Å². The van der Waals surface area contributed by atoms with Crippen molar-refractivity contribution in [3.63, 3.8) is 0 Å². The zero-order valence-electron chi connectivity index (χ0n) is 17.9. The molecule has 0 N–H and O–H groups in total. The minimum atomic E-state index is 0.0980. The summed E-state index contributed by atoms with van der Waals surface area (Å²) < 4.78 is 5.68. The highest BCUT2D eigenvalue weighted by atomic mass is 16.6. The molecule has 0 spiro atoms. The van der Waals surface area contributed by atoms with Crippen LogP contribution in [0.2, 0.25) is 0 Å². The van der Waals surface area contributed by atoms with Gasteiger partial charge < -0.3 is 9.57 Å². The second kappa shape index (κ2) is 22.4. The van der Waals surface area contributed by atoms with Gasteiger partial charge in [-0.2, -0.15) is 0 Å². The Balaban J connectivity index is -0.000000866. The fourth-order valence-electron chi connectivity index (χ4n) is 1.66. The zero-order chi connectivity index (χ0) is 20.1. The Hall–Kier alpha value is -1.61. The normalized spacial score (nSPS) is 12.5. The van der Waals surface area contributed by atoms with Crippen LogP contribution in [-0.4, -0.2) is 25.5 Å². The Kier molecular flexibility index (Phi) is 25.3. The minimum Gasteiger partial charge on any atom is -0.399 e. The maximum atomic E-state index is 5.68. The van der Waals surface area contributed by atoms with Gasteiger partial charge in [-0.15, -0.1) is 6.58 Å². The number of hydrogen-bond donors (Lipinski definition) is 0. The van der Waals surface area contributed by atoms with Crippen LogP contribution in [0, 0.1) is 0 Å². The maximum Gasteiger partial charge on any atom is 0.106 e. The summed E-state index contributed by atoms with van der Waals surface area (Å²) in [5, 5.41) is 4.05. The minimum absolute atomic E-state index is 0.0980. The van der Waals surface area contributed by atoms with Crippen LogP contribution in [0.3, 0.4) is 0 Å². The summed E-state index contributed by atoms with van der Waals surface area (Å²) in [6.07, 6.45) is 10.8. The van der Waals surface area contributed by atoms with E-state index >= 15 is 0 Å². The quantitative estimate of drug-likeness (QED) is 0.244. The Morgan fingerprint density at radius 3 is 2.12 bits per heavy atom. The number of oxime groups is 1. The Labute approximate surface area is 157 Å². The van der Waals surface area contributed by atoms with Crippen molar-refractivity contribution in [3.05, 3.63) is 48.6 Å². The molecule has 0 aromatic rings. The van der Waals surface area contributed by atoms with Crippen LogP contribution in [0.4, 0.5) is 0 Å². The standard InChI is InChI=1S/C17H29NO2.C3H6.C2H6/c1-7-14(4)13-20-15(5)11-10-12-16(8-2)17(9-3)18-19-6;1-3-2;1-2/h8,10-11,15H,4,7,9,12-13H2,1-3,5-6H3;3H,1H2,2H3;1-2H3/b11-10-,16-8+,18-17+;;. The summed E-state index contributed by atoms with van der Waals surface area (Å²) in [6.45, 7) is 22.0. The first kappa shape index (κ1) is 28.2.